The first-order valence-electron chi connectivity index (χ1n) is 10.8. The van der Waals surface area contributed by atoms with Crippen molar-refractivity contribution in [3.63, 3.8) is 0 Å². The summed E-state index contributed by atoms with van der Waals surface area (Å²) in [6.07, 6.45) is 3.70. The Morgan fingerprint density at radius 1 is 0.938 bits per heavy atom. The third-order valence-corrected chi connectivity index (χ3v) is 6.39. The van der Waals surface area contributed by atoms with Crippen molar-refractivity contribution in [1.82, 2.24) is 5.32 Å². The van der Waals surface area contributed by atoms with Gasteiger partial charge in [-0.15, -0.1) is 11.8 Å². The van der Waals surface area contributed by atoms with E-state index in [1.165, 1.54) is 16.8 Å². The molecule has 6 heteroatoms. The van der Waals surface area contributed by atoms with Crippen LogP contribution in [0.25, 0.3) is 0 Å². The van der Waals surface area contributed by atoms with E-state index < -0.39 is 11.8 Å². The van der Waals surface area contributed by atoms with Crippen molar-refractivity contribution in [1.29, 1.82) is 0 Å². The summed E-state index contributed by atoms with van der Waals surface area (Å²) in [5.74, 6) is -1.27. The average Bonchev–Trinajstić information content (AvgIpc) is 2.84. The maximum absolute atomic E-state index is 12.1. The summed E-state index contributed by atoms with van der Waals surface area (Å²) in [5, 5.41) is 5.35. The second-order valence-electron chi connectivity index (χ2n) is 7.80. The minimum atomic E-state index is -0.649. The number of hydrogen-bond donors (Lipinski definition) is 2. The molecule has 0 fully saturated rings. The average molecular weight is 446 g/mol. The summed E-state index contributed by atoms with van der Waals surface area (Å²) in [5.41, 5.74) is 5.78. The minimum Gasteiger partial charge on any atom is -0.367 e. The topological polar surface area (TPSA) is 61.4 Å². The Balaban J connectivity index is 1.24. The van der Waals surface area contributed by atoms with Gasteiger partial charge in [-0.3, -0.25) is 9.59 Å². The Morgan fingerprint density at radius 2 is 1.72 bits per heavy atom. The van der Waals surface area contributed by atoms with Gasteiger partial charge >= 0.3 is 11.8 Å². The number of carbonyl (C=O) groups is 2. The lowest BCUT2D eigenvalue weighted by molar-refractivity contribution is -0.136. The summed E-state index contributed by atoms with van der Waals surface area (Å²) >= 11 is 1.58. The molecule has 0 radical (unpaired) electrons. The Morgan fingerprint density at radius 3 is 2.50 bits per heavy atom. The van der Waals surface area contributed by atoms with Gasteiger partial charge in [0.15, 0.2) is 0 Å². The minimum absolute atomic E-state index is 0.410. The molecule has 0 unspecified atom stereocenters. The summed E-state index contributed by atoms with van der Waals surface area (Å²) in [4.78, 5) is 27.7. The molecule has 1 aliphatic heterocycles. The van der Waals surface area contributed by atoms with Crippen LogP contribution in [0.4, 0.5) is 11.4 Å². The van der Waals surface area contributed by atoms with Gasteiger partial charge in [-0.2, -0.15) is 0 Å². The van der Waals surface area contributed by atoms with Crippen LogP contribution in [-0.4, -0.2) is 31.2 Å². The molecule has 164 valence electrons. The normalized spacial score (nSPS) is 12.7. The summed E-state index contributed by atoms with van der Waals surface area (Å²) < 4.78 is 0. The van der Waals surface area contributed by atoms with Gasteiger partial charge in [0.05, 0.1) is 0 Å². The quantitative estimate of drug-likeness (QED) is 0.439. The predicted molar refractivity (Wildman–Crippen MR) is 131 cm³/mol. The molecule has 0 aliphatic carbocycles. The predicted octanol–water partition coefficient (Wildman–Crippen LogP) is 4.27. The number of fused-ring (bicyclic) bond motifs is 1. The maximum atomic E-state index is 12.1. The maximum Gasteiger partial charge on any atom is 0.313 e. The van der Waals surface area contributed by atoms with E-state index in [4.69, 9.17) is 0 Å². The van der Waals surface area contributed by atoms with Crippen molar-refractivity contribution >= 4 is 35.0 Å². The molecule has 2 N–H and O–H groups in total. The van der Waals surface area contributed by atoms with E-state index in [1.54, 1.807) is 17.8 Å². The van der Waals surface area contributed by atoms with Crippen LogP contribution >= 0.6 is 11.8 Å². The van der Waals surface area contributed by atoms with Crippen molar-refractivity contribution in [2.45, 2.75) is 24.3 Å². The van der Waals surface area contributed by atoms with Crippen LogP contribution in [0.1, 0.15) is 16.7 Å². The zero-order valence-electron chi connectivity index (χ0n) is 18.1. The Bertz CT molecular complexity index is 1100. The molecule has 2 amide bonds. The zero-order valence-corrected chi connectivity index (χ0v) is 19.0. The lowest BCUT2D eigenvalue weighted by Gasteiger charge is -2.30. The Labute approximate surface area is 193 Å². The van der Waals surface area contributed by atoms with Crippen molar-refractivity contribution < 1.29 is 9.59 Å². The van der Waals surface area contributed by atoms with Gasteiger partial charge in [-0.25, -0.2) is 0 Å². The van der Waals surface area contributed by atoms with Crippen molar-refractivity contribution in [2.24, 2.45) is 0 Å². The van der Waals surface area contributed by atoms with Gasteiger partial charge in [-0.05, 0) is 66.1 Å². The molecule has 1 aliphatic rings. The second-order valence-corrected chi connectivity index (χ2v) is 8.68. The molecule has 3 aromatic carbocycles. The van der Waals surface area contributed by atoms with Crippen molar-refractivity contribution in [3.8, 4) is 0 Å². The number of thioether (sulfide) groups is 1. The largest absolute Gasteiger partial charge is 0.367 e. The first-order valence-corrected chi connectivity index (χ1v) is 12.0. The Hall–Kier alpha value is -3.25. The SMILES string of the molecule is CSc1cccc(NC(=O)C(=O)NCCc2ccc(N3CCc4ccccc4C3)cc2)c1. The molecule has 0 bridgehead atoms. The summed E-state index contributed by atoms with van der Waals surface area (Å²) in [6, 6.07) is 24.5. The van der Waals surface area contributed by atoms with Crippen LogP contribution in [0.2, 0.25) is 0 Å². The number of benzene rings is 3. The van der Waals surface area contributed by atoms with Gasteiger partial charge in [0.1, 0.15) is 0 Å². The molecule has 0 spiro atoms. The van der Waals surface area contributed by atoms with Gasteiger partial charge in [0.25, 0.3) is 0 Å². The number of carbonyl (C=O) groups excluding carboxylic acids is 2. The van der Waals surface area contributed by atoms with Gasteiger partial charge in [-0.1, -0.05) is 42.5 Å². The summed E-state index contributed by atoms with van der Waals surface area (Å²) in [6.45, 7) is 2.36. The third kappa shape index (κ3) is 5.51. The monoisotopic (exact) mass is 445 g/mol. The fourth-order valence-electron chi connectivity index (χ4n) is 3.88. The number of hydrogen-bond acceptors (Lipinski definition) is 4. The molecule has 32 heavy (non-hydrogen) atoms. The van der Waals surface area contributed by atoms with E-state index >= 15 is 0 Å². The smallest absolute Gasteiger partial charge is 0.313 e. The number of nitrogens with zero attached hydrogens (tertiary/aromatic N) is 1. The van der Waals surface area contributed by atoms with Crippen molar-refractivity contribution in [3.05, 3.63) is 89.5 Å². The first-order chi connectivity index (χ1) is 15.6. The molecule has 0 saturated carbocycles. The lowest BCUT2D eigenvalue weighted by Crippen LogP contribution is -2.36. The highest BCUT2D eigenvalue weighted by Crippen LogP contribution is 2.24. The second kappa shape index (κ2) is 10.4. The highest BCUT2D eigenvalue weighted by Gasteiger charge is 2.16. The highest BCUT2D eigenvalue weighted by molar-refractivity contribution is 7.98. The van der Waals surface area contributed by atoms with E-state index in [0.717, 1.165) is 30.0 Å². The molecule has 3 aromatic rings. The van der Waals surface area contributed by atoms with E-state index in [9.17, 15) is 9.59 Å². The molecule has 4 rings (SSSR count). The molecule has 1 heterocycles. The number of anilines is 2. The van der Waals surface area contributed by atoms with E-state index in [-0.39, 0.29) is 0 Å². The number of amides is 2. The molecule has 0 saturated heterocycles. The molecule has 0 atom stereocenters. The van der Waals surface area contributed by atoms with E-state index in [2.05, 4.69) is 64.1 Å². The van der Waals surface area contributed by atoms with E-state index in [1.807, 2.05) is 24.5 Å². The van der Waals surface area contributed by atoms with Gasteiger partial charge in [0, 0.05) is 35.9 Å². The lowest BCUT2D eigenvalue weighted by atomic mass is 9.99. The van der Waals surface area contributed by atoms with Crippen LogP contribution in [-0.2, 0) is 29.0 Å². The molecular formula is C26H27N3O2S. The zero-order chi connectivity index (χ0) is 22.3. The third-order valence-electron chi connectivity index (χ3n) is 5.67. The fraction of sp³-hybridized carbons (Fsp3) is 0.231. The van der Waals surface area contributed by atoms with Gasteiger partial charge < -0.3 is 15.5 Å². The molecule has 0 aromatic heterocycles. The Kier molecular flexibility index (Phi) is 7.12. The number of rotatable bonds is 6. The fourth-order valence-corrected chi connectivity index (χ4v) is 4.34. The van der Waals surface area contributed by atoms with Crippen molar-refractivity contribution in [2.75, 3.05) is 29.6 Å². The van der Waals surface area contributed by atoms with Crippen LogP contribution in [0.15, 0.2) is 77.7 Å². The van der Waals surface area contributed by atoms with Crippen LogP contribution in [0, 0.1) is 0 Å². The highest BCUT2D eigenvalue weighted by atomic mass is 32.2. The van der Waals surface area contributed by atoms with E-state index in [0.29, 0.717) is 18.7 Å². The van der Waals surface area contributed by atoms with Crippen LogP contribution in [0.3, 0.4) is 0 Å². The molecular weight excluding hydrogens is 418 g/mol. The van der Waals surface area contributed by atoms with Crippen LogP contribution in [0.5, 0.6) is 0 Å². The number of nitrogens with one attached hydrogen (secondary N) is 2. The molecule has 5 nitrogen and oxygen atoms in total. The first kappa shape index (κ1) is 22.0. The van der Waals surface area contributed by atoms with Crippen LogP contribution < -0.4 is 15.5 Å². The standard InChI is InChI=1S/C26H27N3O2S/c1-32-24-8-4-7-22(17-24)28-26(31)25(30)27-15-13-19-9-11-23(12-10-19)29-16-14-20-5-2-3-6-21(20)18-29/h2-12,17H,13-16,18H2,1H3,(H,27,30)(H,28,31). The van der Waals surface area contributed by atoms with Gasteiger partial charge in [0.2, 0.25) is 0 Å². The summed E-state index contributed by atoms with van der Waals surface area (Å²) in [7, 11) is 0.